The van der Waals surface area contributed by atoms with Crippen molar-refractivity contribution in [2.24, 2.45) is 0 Å². The van der Waals surface area contributed by atoms with Crippen molar-refractivity contribution in [2.75, 3.05) is 6.61 Å². The van der Waals surface area contributed by atoms with Crippen molar-refractivity contribution in [2.45, 2.75) is 315 Å². The van der Waals surface area contributed by atoms with Crippen molar-refractivity contribution in [3.8, 4) is 0 Å². The monoisotopic (exact) mass is 856 g/mol. The lowest BCUT2D eigenvalue weighted by Gasteiger charge is -2.19. The van der Waals surface area contributed by atoms with Gasteiger partial charge in [0.25, 0.3) is 0 Å². The molecule has 0 aliphatic heterocycles. The molecule has 4 nitrogen and oxygen atoms in total. The highest BCUT2D eigenvalue weighted by molar-refractivity contribution is 5.76. The van der Waals surface area contributed by atoms with Gasteiger partial charge in [0.2, 0.25) is 5.91 Å². The van der Waals surface area contributed by atoms with Gasteiger partial charge in [0.15, 0.2) is 0 Å². The molecule has 0 radical (unpaired) electrons. The fourth-order valence-corrected chi connectivity index (χ4v) is 8.60. The van der Waals surface area contributed by atoms with Crippen LogP contribution in [0, 0.1) is 0 Å². The Labute approximate surface area is 382 Å². The minimum atomic E-state index is -0.861. The lowest BCUT2D eigenvalue weighted by atomic mass is 10.0. The van der Waals surface area contributed by atoms with Gasteiger partial charge in [0.05, 0.1) is 18.8 Å². The molecule has 0 rings (SSSR count). The number of amides is 1. The molecule has 0 spiro atoms. The van der Waals surface area contributed by atoms with Gasteiger partial charge in [-0.1, -0.05) is 275 Å². The number of carbonyl (C=O) groups is 1. The van der Waals surface area contributed by atoms with E-state index in [1.165, 1.54) is 250 Å². The van der Waals surface area contributed by atoms with Crippen molar-refractivity contribution in [3.05, 3.63) is 36.5 Å². The number of unbranched alkanes of at least 4 members (excludes halogenated alkanes) is 40. The minimum absolute atomic E-state index is 0.0696. The van der Waals surface area contributed by atoms with Crippen LogP contribution in [-0.2, 0) is 4.79 Å². The van der Waals surface area contributed by atoms with Gasteiger partial charge in [-0.25, -0.2) is 0 Å². The summed E-state index contributed by atoms with van der Waals surface area (Å²) < 4.78 is 0. The SMILES string of the molecule is CCCCCCCCCCCCCC/C=C\CCCCCCCCCCCCCCCCCC(=O)NC(CO)C(O)/C=C/CC/C=C/CCCCCCCCCCCCCC. The first-order valence-electron chi connectivity index (χ1n) is 27.7. The normalized spacial score (nSPS) is 13.0. The van der Waals surface area contributed by atoms with E-state index in [2.05, 4.69) is 43.5 Å². The molecular weight excluding hydrogens is 747 g/mol. The summed E-state index contributed by atoms with van der Waals surface area (Å²) in [5.41, 5.74) is 0. The van der Waals surface area contributed by atoms with E-state index in [1.807, 2.05) is 6.08 Å². The van der Waals surface area contributed by atoms with Crippen LogP contribution in [0.15, 0.2) is 36.5 Å². The van der Waals surface area contributed by atoms with Crippen LogP contribution < -0.4 is 5.32 Å². The molecule has 0 aromatic heterocycles. The Balaban J connectivity index is 3.48. The maximum Gasteiger partial charge on any atom is 0.220 e. The third kappa shape index (κ3) is 49.5. The van der Waals surface area contributed by atoms with Crippen LogP contribution in [0.2, 0.25) is 0 Å². The van der Waals surface area contributed by atoms with E-state index in [1.54, 1.807) is 6.08 Å². The van der Waals surface area contributed by atoms with Crippen LogP contribution in [0.5, 0.6) is 0 Å². The molecule has 0 aliphatic rings. The maximum atomic E-state index is 12.5. The van der Waals surface area contributed by atoms with Crippen molar-refractivity contribution >= 4 is 5.91 Å². The Hall–Kier alpha value is -1.39. The average molecular weight is 857 g/mol. The summed E-state index contributed by atoms with van der Waals surface area (Å²) in [6.45, 7) is 4.32. The molecular formula is C57H109NO3. The number of rotatable bonds is 51. The molecule has 0 saturated carbocycles. The first kappa shape index (κ1) is 59.6. The fraction of sp³-hybridized carbons (Fsp3) is 0.877. The summed E-state index contributed by atoms with van der Waals surface area (Å²) in [6.07, 6.45) is 71.7. The summed E-state index contributed by atoms with van der Waals surface area (Å²) in [5, 5.41) is 23.1. The Morgan fingerprint density at radius 3 is 0.951 bits per heavy atom. The van der Waals surface area contributed by atoms with Crippen LogP contribution in [0.4, 0.5) is 0 Å². The lowest BCUT2D eigenvalue weighted by Crippen LogP contribution is -2.45. The second-order valence-electron chi connectivity index (χ2n) is 19.0. The van der Waals surface area contributed by atoms with Crippen LogP contribution in [0.1, 0.15) is 303 Å². The quantitative estimate of drug-likeness (QED) is 0.0422. The highest BCUT2D eigenvalue weighted by Gasteiger charge is 2.18. The van der Waals surface area contributed by atoms with E-state index in [0.717, 1.165) is 32.1 Å². The Morgan fingerprint density at radius 2 is 0.639 bits per heavy atom. The summed E-state index contributed by atoms with van der Waals surface area (Å²) in [7, 11) is 0. The molecule has 4 heteroatoms. The Kier molecular flexibility index (Phi) is 51.7. The highest BCUT2D eigenvalue weighted by atomic mass is 16.3. The zero-order chi connectivity index (χ0) is 44.2. The van der Waals surface area contributed by atoms with Crippen LogP contribution >= 0.6 is 0 Å². The first-order chi connectivity index (χ1) is 30.2. The summed E-state index contributed by atoms with van der Waals surface area (Å²) >= 11 is 0. The van der Waals surface area contributed by atoms with E-state index in [4.69, 9.17) is 0 Å². The van der Waals surface area contributed by atoms with E-state index in [-0.39, 0.29) is 12.5 Å². The van der Waals surface area contributed by atoms with Gasteiger partial charge in [0, 0.05) is 6.42 Å². The maximum absolute atomic E-state index is 12.5. The van der Waals surface area contributed by atoms with Crippen molar-refractivity contribution in [1.29, 1.82) is 0 Å². The Morgan fingerprint density at radius 1 is 0.377 bits per heavy atom. The summed E-state index contributed by atoms with van der Waals surface area (Å²) in [6, 6.07) is -0.638. The van der Waals surface area contributed by atoms with Crippen molar-refractivity contribution in [1.82, 2.24) is 5.32 Å². The molecule has 3 N–H and O–H groups in total. The highest BCUT2D eigenvalue weighted by Crippen LogP contribution is 2.17. The third-order valence-electron chi connectivity index (χ3n) is 12.8. The molecule has 1 amide bonds. The molecule has 0 heterocycles. The van der Waals surface area contributed by atoms with E-state index in [0.29, 0.717) is 6.42 Å². The van der Waals surface area contributed by atoms with Crippen molar-refractivity contribution < 1.29 is 15.0 Å². The van der Waals surface area contributed by atoms with Gasteiger partial charge in [-0.05, 0) is 57.8 Å². The van der Waals surface area contributed by atoms with Crippen LogP contribution in [0.25, 0.3) is 0 Å². The fourth-order valence-electron chi connectivity index (χ4n) is 8.60. The van der Waals surface area contributed by atoms with Gasteiger partial charge in [-0.2, -0.15) is 0 Å². The molecule has 0 saturated heterocycles. The van der Waals surface area contributed by atoms with Gasteiger partial charge in [-0.15, -0.1) is 0 Å². The average Bonchev–Trinajstić information content (AvgIpc) is 3.26. The number of nitrogens with one attached hydrogen (secondary N) is 1. The third-order valence-corrected chi connectivity index (χ3v) is 12.8. The number of hydrogen-bond donors (Lipinski definition) is 3. The second kappa shape index (κ2) is 53.0. The molecule has 61 heavy (non-hydrogen) atoms. The van der Waals surface area contributed by atoms with Crippen molar-refractivity contribution in [3.63, 3.8) is 0 Å². The van der Waals surface area contributed by atoms with Crippen LogP contribution in [-0.4, -0.2) is 34.9 Å². The number of aliphatic hydroxyl groups excluding tert-OH is 2. The van der Waals surface area contributed by atoms with Gasteiger partial charge in [-0.3, -0.25) is 4.79 Å². The second-order valence-corrected chi connectivity index (χ2v) is 19.0. The van der Waals surface area contributed by atoms with Crippen LogP contribution in [0.3, 0.4) is 0 Å². The topological polar surface area (TPSA) is 69.6 Å². The smallest absolute Gasteiger partial charge is 0.220 e. The summed E-state index contributed by atoms with van der Waals surface area (Å²) in [4.78, 5) is 12.5. The zero-order valence-electron chi connectivity index (χ0n) is 41.4. The molecule has 0 aromatic carbocycles. The number of hydrogen-bond acceptors (Lipinski definition) is 3. The predicted molar refractivity (Wildman–Crippen MR) is 272 cm³/mol. The molecule has 0 aromatic rings. The number of allylic oxidation sites excluding steroid dienone is 5. The number of carbonyl (C=O) groups excluding carboxylic acids is 1. The number of aliphatic hydroxyl groups is 2. The molecule has 2 atom stereocenters. The molecule has 360 valence electrons. The largest absolute Gasteiger partial charge is 0.394 e. The van der Waals surface area contributed by atoms with Gasteiger partial charge >= 0.3 is 0 Å². The lowest BCUT2D eigenvalue weighted by molar-refractivity contribution is -0.123. The molecule has 0 bridgehead atoms. The minimum Gasteiger partial charge on any atom is -0.394 e. The van der Waals surface area contributed by atoms with Gasteiger partial charge in [0.1, 0.15) is 0 Å². The Bertz CT molecular complexity index is 928. The molecule has 0 aliphatic carbocycles. The predicted octanol–water partition coefficient (Wildman–Crippen LogP) is 18.1. The van der Waals surface area contributed by atoms with E-state index >= 15 is 0 Å². The van der Waals surface area contributed by atoms with Gasteiger partial charge < -0.3 is 15.5 Å². The first-order valence-corrected chi connectivity index (χ1v) is 27.7. The standard InChI is InChI=1S/C57H109NO3/c1-3-5-7-9-11-13-15-17-19-21-23-24-25-26-27-28-29-30-31-32-33-34-35-37-39-41-43-45-47-49-51-53-57(61)58-55(54-59)56(60)52-50-48-46-44-42-40-38-36-22-20-18-16-14-12-10-8-6-4-2/h26-27,42,44,50,52,55-56,59-60H,3-25,28-41,43,45-49,51,53-54H2,1-2H3,(H,58,61)/b27-26-,44-42+,52-50+. The van der Waals surface area contributed by atoms with E-state index in [9.17, 15) is 15.0 Å². The zero-order valence-corrected chi connectivity index (χ0v) is 41.4. The molecule has 0 fully saturated rings. The molecule has 2 unspecified atom stereocenters. The van der Waals surface area contributed by atoms with E-state index < -0.39 is 12.1 Å². The summed E-state index contributed by atoms with van der Waals surface area (Å²) in [5.74, 6) is -0.0696.